The summed E-state index contributed by atoms with van der Waals surface area (Å²) in [4.78, 5) is 44.7. The summed E-state index contributed by atoms with van der Waals surface area (Å²) in [7, 11) is -0.281. The Labute approximate surface area is 300 Å². The molecular formula is C37H52BN3O8S. The molecule has 0 radical (unpaired) electrons. The van der Waals surface area contributed by atoms with Crippen LogP contribution in [0.3, 0.4) is 0 Å². The van der Waals surface area contributed by atoms with Gasteiger partial charge in [0, 0.05) is 5.38 Å². The van der Waals surface area contributed by atoms with Crippen molar-refractivity contribution in [2.75, 3.05) is 18.4 Å². The van der Waals surface area contributed by atoms with E-state index in [2.05, 4.69) is 31.1 Å². The highest BCUT2D eigenvalue weighted by Crippen LogP contribution is 2.65. The van der Waals surface area contributed by atoms with Crippen LogP contribution < -0.4 is 10.1 Å². The van der Waals surface area contributed by atoms with Gasteiger partial charge in [0.15, 0.2) is 5.13 Å². The molecular weight excluding hydrogens is 657 g/mol. The van der Waals surface area contributed by atoms with Gasteiger partial charge in [-0.15, -0.1) is 11.3 Å². The number of ether oxygens (including phenoxy) is 3. The van der Waals surface area contributed by atoms with Crippen LogP contribution in [0.25, 0.3) is 0 Å². The molecule has 2 saturated heterocycles. The fraction of sp³-hybridized carbons (Fsp3) is 0.676. The number of amides is 2. The molecule has 2 aromatic rings. The van der Waals surface area contributed by atoms with Gasteiger partial charge in [0.05, 0.1) is 36.9 Å². The number of rotatable bonds is 9. The summed E-state index contributed by atoms with van der Waals surface area (Å²) in [6.07, 6.45) is 3.00. The number of carbonyl (C=O) groups excluding carboxylic acids is 3. The average molecular weight is 710 g/mol. The first kappa shape index (κ1) is 36.6. The van der Waals surface area contributed by atoms with Crippen molar-refractivity contribution in [1.29, 1.82) is 0 Å². The number of thiazole rings is 1. The topological polar surface area (TPSA) is 126 Å². The molecule has 272 valence electrons. The van der Waals surface area contributed by atoms with Crippen LogP contribution in [-0.2, 0) is 36.4 Å². The van der Waals surface area contributed by atoms with E-state index in [1.165, 1.54) is 17.8 Å². The molecule has 3 heterocycles. The highest BCUT2D eigenvalue weighted by atomic mass is 32.1. The second-order valence-electron chi connectivity index (χ2n) is 17.1. The minimum atomic E-state index is -0.680. The van der Waals surface area contributed by atoms with Crippen LogP contribution in [0.1, 0.15) is 102 Å². The van der Waals surface area contributed by atoms with Crippen molar-refractivity contribution in [3.8, 4) is 5.75 Å². The summed E-state index contributed by atoms with van der Waals surface area (Å²) in [6.45, 7) is 20.6. The summed E-state index contributed by atoms with van der Waals surface area (Å²) < 4.78 is 30.6. The molecule has 2 amide bonds. The Morgan fingerprint density at radius 3 is 2.42 bits per heavy atom. The average Bonchev–Trinajstić information content (AvgIpc) is 3.54. The molecule has 3 saturated carbocycles. The molecule has 2 aliphatic heterocycles. The lowest BCUT2D eigenvalue weighted by atomic mass is 9.43. The van der Waals surface area contributed by atoms with Crippen molar-refractivity contribution in [1.82, 2.24) is 9.88 Å². The van der Waals surface area contributed by atoms with Gasteiger partial charge in [0.2, 0.25) is 5.91 Å². The Balaban J connectivity index is 1.06. The van der Waals surface area contributed by atoms with E-state index in [1.807, 2.05) is 39.8 Å². The molecule has 7 rings (SSSR count). The number of hydrogen-bond donors (Lipinski definition) is 1. The van der Waals surface area contributed by atoms with E-state index in [0.717, 1.165) is 17.5 Å². The molecule has 4 atom stereocenters. The van der Waals surface area contributed by atoms with Crippen molar-refractivity contribution in [2.24, 2.45) is 17.3 Å². The zero-order chi connectivity index (χ0) is 36.4. The SMILES string of the molecule is Cc1c(CCB2O[C@@H]3C[C@@H]4C[C@@H](C4(C)C)[C@]3(C)O2)ccc(OC2CN(C(=O)Cc3csc(NC(=O)OC(C)(C)C)n3)C2)c1C(=O)OC(C)(C)C. The van der Waals surface area contributed by atoms with Crippen LogP contribution in [0.5, 0.6) is 5.75 Å². The maximum Gasteiger partial charge on any atom is 0.457 e. The van der Waals surface area contributed by atoms with Crippen molar-refractivity contribution < 1.29 is 37.9 Å². The third-order valence-corrected chi connectivity index (χ3v) is 11.6. The van der Waals surface area contributed by atoms with E-state index >= 15 is 0 Å². The molecule has 1 N–H and O–H groups in total. The van der Waals surface area contributed by atoms with Crippen LogP contribution in [0.15, 0.2) is 17.5 Å². The van der Waals surface area contributed by atoms with Crippen LogP contribution in [-0.4, -0.2) is 77.1 Å². The van der Waals surface area contributed by atoms with Gasteiger partial charge < -0.3 is 28.4 Å². The minimum absolute atomic E-state index is 0.0938. The maximum absolute atomic E-state index is 13.6. The summed E-state index contributed by atoms with van der Waals surface area (Å²) in [5.41, 5.74) is 1.54. The molecule has 1 aromatic carbocycles. The summed E-state index contributed by atoms with van der Waals surface area (Å²) in [5.74, 6) is 1.12. The first-order valence-corrected chi connectivity index (χ1v) is 18.7. The first-order valence-electron chi connectivity index (χ1n) is 17.8. The van der Waals surface area contributed by atoms with E-state index in [9.17, 15) is 14.4 Å². The summed E-state index contributed by atoms with van der Waals surface area (Å²) in [5, 5.41) is 4.73. The predicted molar refractivity (Wildman–Crippen MR) is 192 cm³/mol. The highest BCUT2D eigenvalue weighted by Gasteiger charge is 2.67. The molecule has 0 unspecified atom stereocenters. The van der Waals surface area contributed by atoms with E-state index < -0.39 is 23.3 Å². The number of benzene rings is 1. The Hall–Kier alpha value is -3.16. The van der Waals surface area contributed by atoms with Gasteiger partial charge in [-0.25, -0.2) is 14.6 Å². The van der Waals surface area contributed by atoms with Gasteiger partial charge in [-0.1, -0.05) is 19.9 Å². The van der Waals surface area contributed by atoms with E-state index in [4.69, 9.17) is 23.5 Å². The van der Waals surface area contributed by atoms with Crippen molar-refractivity contribution in [3.05, 3.63) is 39.9 Å². The number of hydrogen-bond acceptors (Lipinski definition) is 10. The summed E-state index contributed by atoms with van der Waals surface area (Å²) in [6, 6.07) is 3.85. The Bertz CT molecular complexity index is 1640. The third kappa shape index (κ3) is 7.55. The smallest absolute Gasteiger partial charge is 0.457 e. The predicted octanol–water partition coefficient (Wildman–Crippen LogP) is 6.86. The van der Waals surface area contributed by atoms with Crippen molar-refractivity contribution >= 4 is 41.6 Å². The maximum atomic E-state index is 13.6. The number of esters is 1. The molecule has 5 fully saturated rings. The number of aromatic nitrogens is 1. The van der Waals surface area contributed by atoms with Gasteiger partial charge >= 0.3 is 19.2 Å². The van der Waals surface area contributed by atoms with Gasteiger partial charge in [-0.3, -0.25) is 10.1 Å². The summed E-state index contributed by atoms with van der Waals surface area (Å²) >= 11 is 1.24. The molecule has 0 spiro atoms. The lowest BCUT2D eigenvalue weighted by Gasteiger charge is -2.64. The fourth-order valence-corrected chi connectivity index (χ4v) is 8.73. The Kier molecular flexibility index (Phi) is 9.61. The monoisotopic (exact) mass is 709 g/mol. The number of nitrogens with zero attached hydrogens (tertiary/aromatic N) is 2. The van der Waals surface area contributed by atoms with Crippen LogP contribution >= 0.6 is 11.3 Å². The van der Waals surface area contributed by atoms with Gasteiger partial charge in [-0.2, -0.15) is 0 Å². The quantitative estimate of drug-likeness (QED) is 0.220. The molecule has 3 aliphatic carbocycles. The third-order valence-electron chi connectivity index (χ3n) is 10.8. The first-order chi connectivity index (χ1) is 23.2. The minimum Gasteiger partial charge on any atom is -0.486 e. The Morgan fingerprint density at radius 2 is 1.76 bits per heavy atom. The van der Waals surface area contributed by atoms with Gasteiger partial charge in [0.1, 0.15) is 28.6 Å². The molecule has 11 nitrogen and oxygen atoms in total. The number of carbonyl (C=O) groups is 3. The highest BCUT2D eigenvalue weighted by molar-refractivity contribution is 7.13. The van der Waals surface area contributed by atoms with Crippen LogP contribution in [0.4, 0.5) is 9.93 Å². The lowest BCUT2D eigenvalue weighted by Crippen LogP contribution is -2.65. The molecule has 13 heteroatoms. The molecule has 5 aliphatic rings. The van der Waals surface area contributed by atoms with E-state index in [-0.39, 0.29) is 42.7 Å². The zero-order valence-corrected chi connectivity index (χ0v) is 32.0. The van der Waals surface area contributed by atoms with Gasteiger partial charge in [-0.05, 0) is 115 Å². The zero-order valence-electron chi connectivity index (χ0n) is 31.1. The lowest BCUT2D eigenvalue weighted by molar-refractivity contribution is -0.199. The van der Waals surface area contributed by atoms with E-state index in [1.54, 1.807) is 31.1 Å². The number of likely N-dealkylation sites (tertiary alicyclic amines) is 1. The molecule has 2 bridgehead atoms. The van der Waals surface area contributed by atoms with Crippen LogP contribution in [0.2, 0.25) is 6.32 Å². The van der Waals surface area contributed by atoms with Crippen molar-refractivity contribution in [2.45, 2.75) is 130 Å². The largest absolute Gasteiger partial charge is 0.486 e. The number of anilines is 1. The van der Waals surface area contributed by atoms with Crippen molar-refractivity contribution in [3.63, 3.8) is 0 Å². The molecule has 1 aromatic heterocycles. The Morgan fingerprint density at radius 1 is 1.06 bits per heavy atom. The fourth-order valence-electron chi connectivity index (χ4n) is 8.03. The molecule has 50 heavy (non-hydrogen) atoms. The normalized spacial score (nSPS) is 25.7. The number of aryl methyl sites for hydroxylation is 1. The standard InChI is InChI=1S/C37H52BN3O8S/c1-21-22(13-14-38-48-28-16-23-15-27(36(23,8)9)37(28,10)49-38)11-12-26(30(21)31(43)46-34(2,3)4)45-25-18-41(19-25)29(42)17-24-20-50-32(39-24)40-33(44)47-35(5,6)7/h11-12,20,23,25,27-28H,13-19H2,1-10H3,(H,39,40,44)/t23-,27-,28+,37-/m0/s1. The van der Waals surface area contributed by atoms with Gasteiger partial charge in [0.25, 0.3) is 0 Å². The van der Waals surface area contributed by atoms with E-state index in [0.29, 0.717) is 59.8 Å². The van der Waals surface area contributed by atoms with Crippen LogP contribution in [0, 0.1) is 24.2 Å². The second-order valence-corrected chi connectivity index (χ2v) is 18.0. The number of nitrogens with one attached hydrogen (secondary N) is 1. The second kappa shape index (κ2) is 13.1.